The Kier molecular flexibility index (Phi) is 8.10. The summed E-state index contributed by atoms with van der Waals surface area (Å²) in [6.45, 7) is 2.98. The van der Waals surface area contributed by atoms with Gasteiger partial charge in [-0.1, -0.05) is 6.92 Å². The van der Waals surface area contributed by atoms with Crippen LogP contribution in [0.25, 0.3) is 0 Å². The average molecular weight is 333 g/mol. The van der Waals surface area contributed by atoms with Crippen LogP contribution in [0.15, 0.2) is 29.2 Å². The zero-order chi connectivity index (χ0) is 15.7. The molecule has 1 atom stereocenters. The van der Waals surface area contributed by atoms with E-state index in [0.717, 1.165) is 6.42 Å². The Hall–Kier alpha value is -0.760. The van der Waals surface area contributed by atoms with E-state index in [1.165, 1.54) is 12.1 Å². The van der Waals surface area contributed by atoms with Gasteiger partial charge in [0.1, 0.15) is 5.75 Å². The average Bonchev–Trinajstić information content (AvgIpc) is 2.47. The summed E-state index contributed by atoms with van der Waals surface area (Å²) in [6, 6.07) is 6.29. The van der Waals surface area contributed by atoms with Gasteiger partial charge >= 0.3 is 0 Å². The van der Waals surface area contributed by atoms with Gasteiger partial charge in [0.15, 0.2) is 0 Å². The van der Waals surface area contributed by atoms with E-state index in [-0.39, 0.29) is 11.5 Å². The number of hydrogen-bond donors (Lipinski definition) is 2. The molecule has 0 aliphatic rings. The van der Waals surface area contributed by atoms with Crippen molar-refractivity contribution in [2.75, 3.05) is 26.0 Å². The summed E-state index contributed by atoms with van der Waals surface area (Å²) in [5.74, 6) is 0.596. The molecular formula is C14H23NO4S2. The van der Waals surface area contributed by atoms with Crippen LogP contribution in [0, 0.1) is 0 Å². The minimum Gasteiger partial charge on any atom is -0.494 e. The van der Waals surface area contributed by atoms with Crippen molar-refractivity contribution in [2.45, 2.75) is 29.9 Å². The monoisotopic (exact) mass is 333 g/mol. The Morgan fingerprint density at radius 3 is 2.57 bits per heavy atom. The predicted octanol–water partition coefficient (Wildman–Crippen LogP) is 1.87. The molecule has 120 valence electrons. The standard InChI is InChI=1S/C14H23NO4S2/c1-12(20-2)8-9-15-21(17,18)14-6-4-13(5-7-14)19-11-3-10-16/h4-7,12,15-16H,3,8-11H2,1-2H3. The second-order valence-corrected chi connectivity index (χ2v) is 7.67. The number of aliphatic hydroxyl groups is 1. The van der Waals surface area contributed by atoms with Crippen LogP contribution in [0.3, 0.4) is 0 Å². The van der Waals surface area contributed by atoms with Gasteiger partial charge in [0.2, 0.25) is 10.0 Å². The summed E-state index contributed by atoms with van der Waals surface area (Å²) in [7, 11) is -3.46. The Morgan fingerprint density at radius 2 is 2.00 bits per heavy atom. The molecule has 0 spiro atoms. The predicted molar refractivity (Wildman–Crippen MR) is 86.4 cm³/mol. The Labute approximate surface area is 131 Å². The fourth-order valence-corrected chi connectivity index (χ4v) is 2.97. The third kappa shape index (κ3) is 6.69. The van der Waals surface area contributed by atoms with E-state index in [1.807, 2.05) is 6.26 Å². The molecule has 1 aromatic carbocycles. The quantitative estimate of drug-likeness (QED) is 0.639. The first-order valence-electron chi connectivity index (χ1n) is 6.86. The number of nitrogens with one attached hydrogen (secondary N) is 1. The molecule has 0 radical (unpaired) electrons. The molecule has 0 amide bonds. The van der Waals surface area contributed by atoms with E-state index in [0.29, 0.717) is 30.6 Å². The normalized spacial score (nSPS) is 13.1. The second kappa shape index (κ2) is 9.30. The third-order valence-corrected chi connectivity index (χ3v) is 5.47. The van der Waals surface area contributed by atoms with Gasteiger partial charge in [-0.3, -0.25) is 0 Å². The highest BCUT2D eigenvalue weighted by atomic mass is 32.2. The number of thioether (sulfide) groups is 1. The van der Waals surface area contributed by atoms with Crippen molar-refractivity contribution < 1.29 is 18.3 Å². The molecule has 0 fully saturated rings. The SMILES string of the molecule is CSC(C)CCNS(=O)(=O)c1ccc(OCCCO)cc1. The lowest BCUT2D eigenvalue weighted by molar-refractivity contribution is 0.233. The zero-order valence-electron chi connectivity index (χ0n) is 12.4. The summed E-state index contributed by atoms with van der Waals surface area (Å²) < 4.78 is 32.1. The Bertz CT molecular complexity index is 502. The fraction of sp³-hybridized carbons (Fsp3) is 0.571. The van der Waals surface area contributed by atoms with E-state index in [4.69, 9.17) is 9.84 Å². The highest BCUT2D eigenvalue weighted by molar-refractivity contribution is 7.99. The highest BCUT2D eigenvalue weighted by Crippen LogP contribution is 2.16. The summed E-state index contributed by atoms with van der Waals surface area (Å²) in [4.78, 5) is 0.230. The van der Waals surface area contributed by atoms with Crippen molar-refractivity contribution >= 4 is 21.8 Å². The van der Waals surface area contributed by atoms with Gasteiger partial charge in [0.25, 0.3) is 0 Å². The van der Waals surface area contributed by atoms with Crippen LogP contribution in [0.1, 0.15) is 19.8 Å². The topological polar surface area (TPSA) is 75.6 Å². The number of sulfonamides is 1. The molecule has 5 nitrogen and oxygen atoms in total. The first-order chi connectivity index (χ1) is 9.99. The molecule has 7 heteroatoms. The molecule has 0 aliphatic heterocycles. The van der Waals surface area contributed by atoms with Crippen molar-refractivity contribution in [3.63, 3.8) is 0 Å². The molecule has 0 saturated carbocycles. The van der Waals surface area contributed by atoms with Crippen LogP contribution < -0.4 is 9.46 Å². The molecule has 21 heavy (non-hydrogen) atoms. The van der Waals surface area contributed by atoms with Crippen molar-refractivity contribution in [1.82, 2.24) is 4.72 Å². The largest absolute Gasteiger partial charge is 0.494 e. The van der Waals surface area contributed by atoms with Gasteiger partial charge in [-0.25, -0.2) is 13.1 Å². The van der Waals surface area contributed by atoms with E-state index in [1.54, 1.807) is 23.9 Å². The van der Waals surface area contributed by atoms with Gasteiger partial charge in [0.05, 0.1) is 11.5 Å². The van der Waals surface area contributed by atoms with Crippen LogP contribution in [0.5, 0.6) is 5.75 Å². The van der Waals surface area contributed by atoms with Gasteiger partial charge in [-0.2, -0.15) is 11.8 Å². The summed E-state index contributed by atoms with van der Waals surface area (Å²) in [6.07, 6.45) is 3.35. The number of hydrogen-bond acceptors (Lipinski definition) is 5. The minimum atomic E-state index is -3.46. The number of rotatable bonds is 10. The van der Waals surface area contributed by atoms with Crippen molar-refractivity contribution in [2.24, 2.45) is 0 Å². The van der Waals surface area contributed by atoms with Gasteiger partial charge < -0.3 is 9.84 Å². The molecule has 0 saturated heterocycles. The molecule has 0 heterocycles. The Morgan fingerprint density at radius 1 is 1.33 bits per heavy atom. The van der Waals surface area contributed by atoms with Crippen molar-refractivity contribution in [1.29, 1.82) is 0 Å². The van der Waals surface area contributed by atoms with Gasteiger partial charge in [-0.05, 0) is 36.9 Å². The second-order valence-electron chi connectivity index (χ2n) is 4.63. The van der Waals surface area contributed by atoms with Crippen LogP contribution in [-0.4, -0.2) is 44.8 Å². The molecule has 1 rings (SSSR count). The van der Waals surface area contributed by atoms with Crippen molar-refractivity contribution in [3.8, 4) is 5.75 Å². The van der Waals surface area contributed by atoms with Crippen LogP contribution in [-0.2, 0) is 10.0 Å². The first kappa shape index (κ1) is 18.3. The summed E-state index contributed by atoms with van der Waals surface area (Å²) in [5, 5.41) is 9.09. The molecule has 2 N–H and O–H groups in total. The summed E-state index contributed by atoms with van der Waals surface area (Å²) >= 11 is 1.71. The molecule has 1 aromatic rings. The highest BCUT2D eigenvalue weighted by Gasteiger charge is 2.13. The lowest BCUT2D eigenvalue weighted by Crippen LogP contribution is -2.26. The van der Waals surface area contributed by atoms with E-state index in [9.17, 15) is 8.42 Å². The molecule has 0 bridgehead atoms. The van der Waals surface area contributed by atoms with E-state index in [2.05, 4.69) is 11.6 Å². The first-order valence-corrected chi connectivity index (χ1v) is 9.63. The smallest absolute Gasteiger partial charge is 0.240 e. The minimum absolute atomic E-state index is 0.0743. The zero-order valence-corrected chi connectivity index (χ0v) is 14.0. The number of benzene rings is 1. The third-order valence-electron chi connectivity index (χ3n) is 2.95. The summed E-state index contributed by atoms with van der Waals surface area (Å²) in [5.41, 5.74) is 0. The van der Waals surface area contributed by atoms with Crippen LogP contribution >= 0.6 is 11.8 Å². The molecule has 0 aliphatic carbocycles. The fourth-order valence-electron chi connectivity index (χ4n) is 1.57. The maximum Gasteiger partial charge on any atom is 0.240 e. The lowest BCUT2D eigenvalue weighted by atomic mass is 10.3. The van der Waals surface area contributed by atoms with Crippen LogP contribution in [0.2, 0.25) is 0 Å². The molecular weight excluding hydrogens is 310 g/mol. The van der Waals surface area contributed by atoms with E-state index < -0.39 is 10.0 Å². The Balaban J connectivity index is 2.54. The molecule has 1 unspecified atom stereocenters. The number of aliphatic hydroxyl groups excluding tert-OH is 1. The van der Waals surface area contributed by atoms with Gasteiger partial charge in [0, 0.05) is 24.8 Å². The maximum atomic E-state index is 12.1. The number of ether oxygens (including phenoxy) is 1. The van der Waals surface area contributed by atoms with Crippen molar-refractivity contribution in [3.05, 3.63) is 24.3 Å². The van der Waals surface area contributed by atoms with Gasteiger partial charge in [-0.15, -0.1) is 0 Å². The molecule has 0 aromatic heterocycles. The van der Waals surface area contributed by atoms with Crippen LogP contribution in [0.4, 0.5) is 0 Å². The lowest BCUT2D eigenvalue weighted by Gasteiger charge is -2.10. The van der Waals surface area contributed by atoms with E-state index >= 15 is 0 Å². The maximum absolute atomic E-state index is 12.1.